The molecule has 5 rings (SSSR count). The first-order chi connectivity index (χ1) is 13.6. The molecule has 2 amide bonds. The molecule has 2 fully saturated rings. The van der Waals surface area contributed by atoms with Crippen LogP contribution in [0.25, 0.3) is 11.1 Å². The van der Waals surface area contributed by atoms with Crippen molar-refractivity contribution in [3.63, 3.8) is 0 Å². The smallest absolute Gasteiger partial charge is 0.319 e. The van der Waals surface area contributed by atoms with Crippen LogP contribution in [0.1, 0.15) is 56.4 Å². The average Bonchev–Trinajstić information content (AvgIpc) is 3.10. The normalized spacial score (nSPS) is 24.0. The Morgan fingerprint density at radius 1 is 1.29 bits per heavy atom. The van der Waals surface area contributed by atoms with Crippen molar-refractivity contribution >= 4 is 34.4 Å². The van der Waals surface area contributed by atoms with Crippen molar-refractivity contribution < 1.29 is 13.9 Å². The summed E-state index contributed by atoms with van der Waals surface area (Å²) in [5.74, 6) is 0.632. The van der Waals surface area contributed by atoms with Crippen LogP contribution < -0.4 is 16.0 Å². The number of carbonyl (C=O) groups excluding carboxylic acids is 1. The topological polar surface area (TPSA) is 88.4 Å². The van der Waals surface area contributed by atoms with Crippen LogP contribution in [0.5, 0.6) is 0 Å². The molecular formula is C20H25ClN4O3. The zero-order valence-corrected chi connectivity index (χ0v) is 16.5. The van der Waals surface area contributed by atoms with E-state index in [1.165, 1.54) is 6.42 Å². The van der Waals surface area contributed by atoms with Gasteiger partial charge in [0.25, 0.3) is 0 Å². The number of ether oxygens (including phenoxy) is 1. The van der Waals surface area contributed by atoms with Gasteiger partial charge in [-0.25, -0.2) is 9.78 Å². The van der Waals surface area contributed by atoms with Crippen LogP contribution in [-0.2, 0) is 16.8 Å². The average molecular weight is 405 g/mol. The number of hydrogen-bond donors (Lipinski definition) is 3. The lowest BCUT2D eigenvalue weighted by molar-refractivity contribution is 0.0692. The molecule has 8 heteroatoms. The van der Waals surface area contributed by atoms with Gasteiger partial charge in [0.1, 0.15) is 5.52 Å². The standard InChI is InChI=1S/C20H25ClN4O3/c21-13-9-14-18(28-15(23-14)10-22-12-5-4-8-27-11-12)16-17(13)24-19(26)25-20(16)6-2-1-3-7-20/h9,12,22H,1-8,10-11H2,(H2,24,25,26)/t12-/m1/s1. The van der Waals surface area contributed by atoms with Gasteiger partial charge in [0, 0.05) is 18.2 Å². The Bertz CT molecular complexity index is 900. The van der Waals surface area contributed by atoms with Crippen LogP contribution in [0.15, 0.2) is 10.5 Å². The summed E-state index contributed by atoms with van der Waals surface area (Å²) in [6.45, 7) is 2.11. The number of halogens is 1. The Morgan fingerprint density at radius 3 is 2.93 bits per heavy atom. The zero-order chi connectivity index (χ0) is 19.1. The van der Waals surface area contributed by atoms with Gasteiger partial charge in [0.05, 0.1) is 29.4 Å². The third kappa shape index (κ3) is 3.15. The summed E-state index contributed by atoms with van der Waals surface area (Å²) in [5, 5.41) is 10.0. The minimum Gasteiger partial charge on any atom is -0.439 e. The SMILES string of the molecule is O=C1Nc2c(Cl)cc3nc(CN[C@@H]4CCCOC4)oc3c2C2(CCCCC2)N1. The highest BCUT2D eigenvalue weighted by atomic mass is 35.5. The second-order valence-electron chi connectivity index (χ2n) is 8.08. The number of rotatable bonds is 3. The molecule has 3 N–H and O–H groups in total. The van der Waals surface area contributed by atoms with Crippen molar-refractivity contribution in [1.82, 2.24) is 15.6 Å². The number of nitrogens with zero attached hydrogens (tertiary/aromatic N) is 1. The van der Waals surface area contributed by atoms with E-state index in [4.69, 9.17) is 20.8 Å². The van der Waals surface area contributed by atoms with Gasteiger partial charge in [0.15, 0.2) is 5.58 Å². The number of anilines is 1. The predicted molar refractivity (Wildman–Crippen MR) is 107 cm³/mol. The van der Waals surface area contributed by atoms with E-state index in [1.54, 1.807) is 6.07 Å². The summed E-state index contributed by atoms with van der Waals surface area (Å²) in [5.41, 5.74) is 2.65. The molecule has 1 spiro atoms. The zero-order valence-electron chi connectivity index (χ0n) is 15.8. The van der Waals surface area contributed by atoms with Crippen LogP contribution in [0.2, 0.25) is 5.02 Å². The molecule has 1 saturated carbocycles. The number of nitrogens with one attached hydrogen (secondary N) is 3. The maximum Gasteiger partial charge on any atom is 0.319 e. The molecule has 1 atom stereocenters. The van der Waals surface area contributed by atoms with E-state index in [9.17, 15) is 4.79 Å². The van der Waals surface area contributed by atoms with Crippen molar-refractivity contribution in [2.24, 2.45) is 0 Å². The van der Waals surface area contributed by atoms with Crippen molar-refractivity contribution in [1.29, 1.82) is 0 Å². The summed E-state index contributed by atoms with van der Waals surface area (Å²) in [4.78, 5) is 17.0. The van der Waals surface area contributed by atoms with E-state index in [1.807, 2.05) is 0 Å². The summed E-state index contributed by atoms with van der Waals surface area (Å²) in [6.07, 6.45) is 7.25. The highest BCUT2D eigenvalue weighted by Gasteiger charge is 2.44. The first-order valence-corrected chi connectivity index (χ1v) is 10.6. The molecule has 2 aromatic rings. The van der Waals surface area contributed by atoms with E-state index >= 15 is 0 Å². The molecule has 0 unspecified atom stereocenters. The maximum absolute atomic E-state index is 12.3. The Kier molecular flexibility index (Phi) is 4.69. The summed E-state index contributed by atoms with van der Waals surface area (Å²) < 4.78 is 11.7. The molecule has 1 aromatic carbocycles. The van der Waals surface area contributed by atoms with Crippen molar-refractivity contribution in [2.75, 3.05) is 18.5 Å². The molecule has 3 aliphatic rings. The molecule has 7 nitrogen and oxygen atoms in total. The molecule has 2 aliphatic heterocycles. The maximum atomic E-state index is 12.3. The van der Waals surface area contributed by atoms with Crippen LogP contribution in [0.4, 0.5) is 10.5 Å². The van der Waals surface area contributed by atoms with E-state index in [-0.39, 0.29) is 6.03 Å². The van der Waals surface area contributed by atoms with Gasteiger partial charge >= 0.3 is 6.03 Å². The fourth-order valence-corrected chi connectivity index (χ4v) is 5.07. The fraction of sp³-hybridized carbons (Fsp3) is 0.600. The number of oxazole rings is 1. The van der Waals surface area contributed by atoms with E-state index in [0.717, 1.165) is 68.4 Å². The van der Waals surface area contributed by atoms with Crippen molar-refractivity contribution in [2.45, 2.75) is 63.1 Å². The number of aromatic nitrogens is 1. The molecule has 28 heavy (non-hydrogen) atoms. The Hall–Kier alpha value is -1.83. The number of urea groups is 1. The number of hydrogen-bond acceptors (Lipinski definition) is 5. The lowest BCUT2D eigenvalue weighted by Crippen LogP contribution is -2.52. The molecule has 1 saturated heterocycles. The van der Waals surface area contributed by atoms with Crippen LogP contribution in [0, 0.1) is 0 Å². The number of amides is 2. The van der Waals surface area contributed by atoms with Gasteiger partial charge < -0.3 is 25.1 Å². The molecule has 0 radical (unpaired) electrons. The Morgan fingerprint density at radius 2 is 2.14 bits per heavy atom. The van der Waals surface area contributed by atoms with Gasteiger partial charge in [0.2, 0.25) is 5.89 Å². The first-order valence-electron chi connectivity index (χ1n) is 10.2. The molecule has 3 heterocycles. The van der Waals surface area contributed by atoms with Crippen LogP contribution in [0.3, 0.4) is 0 Å². The fourth-order valence-electron chi connectivity index (χ4n) is 4.82. The van der Waals surface area contributed by atoms with Crippen molar-refractivity contribution in [3.05, 3.63) is 22.5 Å². The third-order valence-corrected chi connectivity index (χ3v) is 6.45. The minimum atomic E-state index is -0.430. The van der Waals surface area contributed by atoms with E-state index in [0.29, 0.717) is 29.2 Å². The quantitative estimate of drug-likeness (QED) is 0.718. The molecule has 0 bridgehead atoms. The van der Waals surface area contributed by atoms with Gasteiger partial charge in [-0.15, -0.1) is 0 Å². The molecule has 1 aliphatic carbocycles. The summed E-state index contributed by atoms with van der Waals surface area (Å²) in [7, 11) is 0. The lowest BCUT2D eigenvalue weighted by atomic mass is 9.74. The monoisotopic (exact) mass is 404 g/mol. The largest absolute Gasteiger partial charge is 0.439 e. The lowest BCUT2D eigenvalue weighted by Gasteiger charge is -2.42. The van der Waals surface area contributed by atoms with Gasteiger partial charge in [-0.05, 0) is 31.7 Å². The number of carbonyl (C=O) groups is 1. The predicted octanol–water partition coefficient (Wildman–Crippen LogP) is 4.04. The highest BCUT2D eigenvalue weighted by molar-refractivity contribution is 6.35. The summed E-state index contributed by atoms with van der Waals surface area (Å²) in [6, 6.07) is 1.91. The minimum absolute atomic E-state index is 0.200. The van der Waals surface area contributed by atoms with Crippen molar-refractivity contribution in [3.8, 4) is 0 Å². The molecule has 1 aromatic heterocycles. The first kappa shape index (κ1) is 18.2. The Balaban J connectivity index is 1.52. The van der Waals surface area contributed by atoms with E-state index < -0.39 is 5.54 Å². The van der Waals surface area contributed by atoms with E-state index in [2.05, 4.69) is 20.9 Å². The second-order valence-corrected chi connectivity index (χ2v) is 8.49. The van der Waals surface area contributed by atoms with Gasteiger partial charge in [-0.3, -0.25) is 0 Å². The number of benzene rings is 1. The highest BCUT2D eigenvalue weighted by Crippen LogP contribution is 2.48. The number of fused-ring (bicyclic) bond motifs is 4. The third-order valence-electron chi connectivity index (χ3n) is 6.16. The Labute approximate surface area is 168 Å². The summed E-state index contributed by atoms with van der Waals surface area (Å²) >= 11 is 6.54. The van der Waals surface area contributed by atoms with Crippen LogP contribution in [-0.4, -0.2) is 30.3 Å². The van der Waals surface area contributed by atoms with Gasteiger partial charge in [-0.1, -0.05) is 30.9 Å². The van der Waals surface area contributed by atoms with Crippen LogP contribution >= 0.6 is 11.6 Å². The second kappa shape index (κ2) is 7.21. The van der Waals surface area contributed by atoms with Gasteiger partial charge in [-0.2, -0.15) is 0 Å². The molecular weight excluding hydrogens is 380 g/mol. The molecule has 150 valence electrons.